The van der Waals surface area contributed by atoms with E-state index in [1.807, 2.05) is 37.3 Å². The van der Waals surface area contributed by atoms with Gasteiger partial charge in [0.1, 0.15) is 0 Å². The molecule has 7 heteroatoms. The highest BCUT2D eigenvalue weighted by atomic mass is 31.2. The van der Waals surface area contributed by atoms with Gasteiger partial charge < -0.3 is 14.7 Å². The van der Waals surface area contributed by atoms with E-state index in [0.29, 0.717) is 6.42 Å². The summed E-state index contributed by atoms with van der Waals surface area (Å²) in [5.41, 5.74) is 1.16. The first-order chi connectivity index (χ1) is 11.2. The van der Waals surface area contributed by atoms with Crippen molar-refractivity contribution in [3.8, 4) is 0 Å². The maximum atomic E-state index is 12.5. The highest BCUT2D eigenvalue weighted by Crippen LogP contribution is 2.45. The molecular weight excluding hydrogens is 331 g/mol. The fraction of sp³-hybridized carbons (Fsp3) is 0.529. The van der Waals surface area contributed by atoms with E-state index >= 15 is 0 Å². The van der Waals surface area contributed by atoms with Gasteiger partial charge >= 0.3 is 11.9 Å². The van der Waals surface area contributed by atoms with Gasteiger partial charge in [0.25, 0.3) is 0 Å². The minimum atomic E-state index is -3.08. The molecule has 0 radical (unpaired) electrons. The Balaban J connectivity index is 2.48. The lowest BCUT2D eigenvalue weighted by Gasteiger charge is -2.19. The van der Waals surface area contributed by atoms with Crippen LogP contribution in [0.25, 0.3) is 0 Å². The molecule has 1 aromatic rings. The molecule has 0 amide bonds. The van der Waals surface area contributed by atoms with Crippen molar-refractivity contribution in [1.29, 1.82) is 0 Å². The van der Waals surface area contributed by atoms with Crippen LogP contribution in [0.5, 0.6) is 0 Å². The minimum Gasteiger partial charge on any atom is -0.481 e. The Kier molecular flexibility index (Phi) is 8.16. The van der Waals surface area contributed by atoms with E-state index in [1.165, 1.54) is 6.66 Å². The molecule has 0 bridgehead atoms. The van der Waals surface area contributed by atoms with Gasteiger partial charge in [-0.2, -0.15) is 0 Å². The second kappa shape index (κ2) is 9.60. The third kappa shape index (κ3) is 7.75. The van der Waals surface area contributed by atoms with E-state index < -0.39 is 25.2 Å². The second-order valence-electron chi connectivity index (χ2n) is 6.10. The zero-order valence-electron chi connectivity index (χ0n) is 14.1. The summed E-state index contributed by atoms with van der Waals surface area (Å²) in [6.45, 7) is 3.73. The highest BCUT2D eigenvalue weighted by molar-refractivity contribution is 7.58. The summed E-state index contributed by atoms with van der Waals surface area (Å²) in [6, 6.07) is 9.88. The molecule has 3 atom stereocenters. The monoisotopic (exact) mass is 356 g/mol. The Hall–Kier alpha value is -1.65. The molecule has 0 spiro atoms. The van der Waals surface area contributed by atoms with Crippen LogP contribution in [0.4, 0.5) is 0 Å². The van der Waals surface area contributed by atoms with Gasteiger partial charge in [0.15, 0.2) is 0 Å². The molecule has 0 saturated carbocycles. The van der Waals surface area contributed by atoms with Gasteiger partial charge in [0.05, 0.1) is 12.5 Å². The lowest BCUT2D eigenvalue weighted by atomic mass is 9.99. The average Bonchev–Trinajstić information content (AvgIpc) is 2.51. The molecule has 0 heterocycles. The predicted octanol–water partition coefficient (Wildman–Crippen LogP) is 3.67. The number of hydrogen-bond donors (Lipinski definition) is 2. The van der Waals surface area contributed by atoms with Crippen molar-refractivity contribution < 1.29 is 28.9 Å². The topological polar surface area (TPSA) is 101 Å². The third-order valence-corrected chi connectivity index (χ3v) is 5.72. The van der Waals surface area contributed by atoms with Crippen molar-refractivity contribution in [3.63, 3.8) is 0 Å². The largest absolute Gasteiger partial charge is 0.481 e. The van der Waals surface area contributed by atoms with Crippen LogP contribution in [0.2, 0.25) is 0 Å². The molecule has 1 aromatic carbocycles. The van der Waals surface area contributed by atoms with Gasteiger partial charge in [0.2, 0.25) is 7.37 Å². The lowest BCUT2D eigenvalue weighted by Crippen LogP contribution is -2.20. The van der Waals surface area contributed by atoms with E-state index in [-0.39, 0.29) is 31.5 Å². The van der Waals surface area contributed by atoms with E-state index in [1.54, 1.807) is 0 Å². The first-order valence-electron chi connectivity index (χ1n) is 7.92. The van der Waals surface area contributed by atoms with Gasteiger partial charge in [-0.1, -0.05) is 37.3 Å². The number of hydrogen-bond acceptors (Lipinski definition) is 4. The van der Waals surface area contributed by atoms with Crippen molar-refractivity contribution in [2.24, 2.45) is 5.92 Å². The Morgan fingerprint density at radius 2 is 1.79 bits per heavy atom. The number of benzene rings is 1. The van der Waals surface area contributed by atoms with Crippen LogP contribution in [-0.2, 0) is 18.7 Å². The van der Waals surface area contributed by atoms with Crippen LogP contribution in [0.15, 0.2) is 30.3 Å². The standard InChI is InChI=1S/C17H25O6P/c1-13(14-6-4-3-5-7-14)10-11-23-24(2,22)12-15(17(20)21)8-9-16(18)19/h3-7,13,15H,8-12H2,1-2H3,(H,18,19)(H,20,21). The molecule has 0 aliphatic carbocycles. The fourth-order valence-electron chi connectivity index (χ4n) is 2.41. The second-order valence-corrected chi connectivity index (χ2v) is 8.75. The molecular formula is C17H25O6P. The van der Waals surface area contributed by atoms with Crippen molar-refractivity contribution in [2.45, 2.75) is 32.1 Å². The number of carboxylic acid groups (broad SMARTS) is 2. The Bertz CT molecular complexity index is 586. The summed E-state index contributed by atoms with van der Waals surface area (Å²) in [6.07, 6.45) is 0.221. The van der Waals surface area contributed by atoms with Crippen LogP contribution in [0.3, 0.4) is 0 Å². The van der Waals surface area contributed by atoms with Crippen molar-refractivity contribution in [1.82, 2.24) is 0 Å². The smallest absolute Gasteiger partial charge is 0.307 e. The summed E-state index contributed by atoms with van der Waals surface area (Å²) < 4.78 is 17.9. The number of aliphatic carboxylic acids is 2. The van der Waals surface area contributed by atoms with Crippen molar-refractivity contribution in [2.75, 3.05) is 19.4 Å². The molecule has 0 fully saturated rings. The van der Waals surface area contributed by atoms with E-state index in [0.717, 1.165) is 5.56 Å². The first-order valence-corrected chi connectivity index (χ1v) is 10.2. The van der Waals surface area contributed by atoms with Gasteiger partial charge in [-0.3, -0.25) is 14.2 Å². The highest BCUT2D eigenvalue weighted by Gasteiger charge is 2.28. The van der Waals surface area contributed by atoms with Crippen molar-refractivity contribution >= 4 is 19.3 Å². The predicted molar refractivity (Wildman–Crippen MR) is 91.8 cm³/mol. The third-order valence-electron chi connectivity index (χ3n) is 3.89. The molecule has 0 aromatic heterocycles. The minimum absolute atomic E-state index is 0.0493. The van der Waals surface area contributed by atoms with Gasteiger partial charge in [-0.25, -0.2) is 0 Å². The molecule has 0 aliphatic rings. The fourth-order valence-corrected chi connectivity index (χ4v) is 4.15. The van der Waals surface area contributed by atoms with Crippen molar-refractivity contribution in [3.05, 3.63) is 35.9 Å². The Morgan fingerprint density at radius 1 is 1.17 bits per heavy atom. The summed E-state index contributed by atoms with van der Waals surface area (Å²) >= 11 is 0. The van der Waals surface area contributed by atoms with Crippen LogP contribution in [-0.4, -0.2) is 41.6 Å². The number of carboxylic acids is 2. The molecule has 134 valence electrons. The molecule has 1 rings (SSSR count). The summed E-state index contributed by atoms with van der Waals surface area (Å²) in [7, 11) is -3.08. The zero-order chi connectivity index (χ0) is 18.2. The molecule has 0 aliphatic heterocycles. The molecule has 0 saturated heterocycles. The van der Waals surface area contributed by atoms with E-state index in [4.69, 9.17) is 14.7 Å². The van der Waals surface area contributed by atoms with Gasteiger partial charge in [0, 0.05) is 19.2 Å². The van der Waals surface area contributed by atoms with Crippen LogP contribution >= 0.6 is 7.37 Å². The van der Waals surface area contributed by atoms with E-state index in [2.05, 4.69) is 0 Å². The number of rotatable bonds is 11. The first kappa shape index (κ1) is 20.4. The molecule has 3 unspecified atom stereocenters. The molecule has 24 heavy (non-hydrogen) atoms. The normalized spacial score (nSPS) is 16.1. The zero-order valence-corrected chi connectivity index (χ0v) is 14.9. The van der Waals surface area contributed by atoms with E-state index in [9.17, 15) is 14.2 Å². The van der Waals surface area contributed by atoms with Gasteiger partial charge in [-0.05, 0) is 24.3 Å². The summed E-state index contributed by atoms with van der Waals surface area (Å²) in [5.74, 6) is -2.93. The Labute approximate surface area is 142 Å². The molecule has 6 nitrogen and oxygen atoms in total. The lowest BCUT2D eigenvalue weighted by molar-refractivity contribution is -0.142. The summed E-state index contributed by atoms with van der Waals surface area (Å²) in [4.78, 5) is 21.8. The van der Waals surface area contributed by atoms with Crippen LogP contribution in [0, 0.1) is 5.92 Å². The maximum absolute atomic E-state index is 12.5. The van der Waals surface area contributed by atoms with Crippen LogP contribution < -0.4 is 0 Å². The molecule has 2 N–H and O–H groups in total. The number of carbonyl (C=O) groups is 2. The van der Waals surface area contributed by atoms with Crippen LogP contribution in [0.1, 0.15) is 37.7 Å². The quantitative estimate of drug-likeness (QED) is 0.587. The SMILES string of the molecule is CC(CCOP(C)(=O)CC(CCC(=O)O)C(=O)O)c1ccccc1. The summed E-state index contributed by atoms with van der Waals surface area (Å²) in [5, 5.41) is 17.8. The average molecular weight is 356 g/mol. The van der Waals surface area contributed by atoms with Gasteiger partial charge in [-0.15, -0.1) is 0 Å². The Morgan fingerprint density at radius 3 is 2.33 bits per heavy atom. The maximum Gasteiger partial charge on any atom is 0.307 e.